The number of hydrogen-bond donors (Lipinski definition) is 1. The molecule has 1 saturated carbocycles. The van der Waals surface area contributed by atoms with Crippen LogP contribution < -0.4 is 5.73 Å². The van der Waals surface area contributed by atoms with Crippen molar-refractivity contribution >= 4 is 17.5 Å². The van der Waals surface area contributed by atoms with Crippen LogP contribution in [0.25, 0.3) is 5.65 Å². The summed E-state index contributed by atoms with van der Waals surface area (Å²) in [6, 6.07) is 2.07. The second-order valence-electron chi connectivity index (χ2n) is 9.87. The van der Waals surface area contributed by atoms with E-state index in [0.717, 1.165) is 87.4 Å². The van der Waals surface area contributed by atoms with E-state index in [1.807, 2.05) is 10.7 Å². The maximum Gasteiger partial charge on any atom is 0.225 e. The molecule has 3 fully saturated rings. The van der Waals surface area contributed by atoms with Crippen LogP contribution in [0.5, 0.6) is 0 Å². The van der Waals surface area contributed by atoms with Crippen molar-refractivity contribution in [3.05, 3.63) is 29.2 Å². The zero-order valence-electron chi connectivity index (χ0n) is 19.0. The number of nitrogens with zero attached hydrogens (tertiary/aromatic N) is 5. The zero-order chi connectivity index (χ0) is 22.2. The van der Waals surface area contributed by atoms with Gasteiger partial charge in [0.15, 0.2) is 5.65 Å². The lowest BCUT2D eigenvalue weighted by Crippen LogP contribution is -2.38. The third-order valence-electron chi connectivity index (χ3n) is 7.84. The molecule has 0 aromatic carbocycles. The largest absolute Gasteiger partial charge is 0.369 e. The van der Waals surface area contributed by atoms with Gasteiger partial charge in [-0.25, -0.2) is 9.50 Å². The number of likely N-dealkylation sites (tertiary alicyclic amines) is 2. The van der Waals surface area contributed by atoms with E-state index in [4.69, 9.17) is 10.8 Å². The summed E-state index contributed by atoms with van der Waals surface area (Å²) in [7, 11) is 0. The Morgan fingerprint density at radius 3 is 2.53 bits per heavy atom. The molecule has 2 aliphatic heterocycles. The van der Waals surface area contributed by atoms with E-state index in [-0.39, 0.29) is 17.7 Å². The lowest BCUT2D eigenvalue weighted by molar-refractivity contribution is -0.134. The fourth-order valence-electron chi connectivity index (χ4n) is 5.84. The van der Waals surface area contributed by atoms with Gasteiger partial charge in [-0.1, -0.05) is 12.8 Å². The summed E-state index contributed by atoms with van der Waals surface area (Å²) >= 11 is 0. The minimum atomic E-state index is -0.180. The number of rotatable bonds is 5. The number of primary amides is 1. The Balaban J connectivity index is 1.32. The molecule has 2 aromatic rings. The van der Waals surface area contributed by atoms with Gasteiger partial charge in [0.25, 0.3) is 0 Å². The molecular formula is C24H34N6O2. The summed E-state index contributed by atoms with van der Waals surface area (Å²) in [5.41, 5.74) is 9.70. The van der Waals surface area contributed by atoms with Crippen molar-refractivity contribution in [1.82, 2.24) is 24.4 Å². The molecule has 172 valence electrons. The van der Waals surface area contributed by atoms with Crippen LogP contribution in [-0.4, -0.2) is 62.4 Å². The minimum absolute atomic E-state index is 0.00163. The number of nitrogens with two attached hydrogens (primary N) is 1. The van der Waals surface area contributed by atoms with Crippen molar-refractivity contribution in [3.63, 3.8) is 0 Å². The Morgan fingerprint density at radius 1 is 1.06 bits per heavy atom. The summed E-state index contributed by atoms with van der Waals surface area (Å²) in [6.45, 7) is 6.19. The number of aromatic nitrogens is 3. The molecule has 8 nitrogen and oxygen atoms in total. The van der Waals surface area contributed by atoms with Gasteiger partial charge in [-0.2, -0.15) is 5.10 Å². The molecule has 1 atom stereocenters. The predicted octanol–water partition coefficient (Wildman–Crippen LogP) is 2.24. The van der Waals surface area contributed by atoms with Crippen LogP contribution in [-0.2, 0) is 16.1 Å². The van der Waals surface area contributed by atoms with Crippen LogP contribution in [0.3, 0.4) is 0 Å². The summed E-state index contributed by atoms with van der Waals surface area (Å²) in [6.07, 6.45) is 8.99. The number of carbonyl (C=O) groups excluding carboxylic acids is 2. The molecular weight excluding hydrogens is 404 g/mol. The number of carbonyl (C=O) groups is 2. The number of amides is 2. The van der Waals surface area contributed by atoms with Crippen LogP contribution in [0, 0.1) is 18.8 Å². The topological polar surface area (TPSA) is 96.8 Å². The third kappa shape index (κ3) is 4.00. The molecule has 1 aliphatic carbocycles. The van der Waals surface area contributed by atoms with Crippen LogP contribution in [0.1, 0.15) is 67.8 Å². The first-order valence-electron chi connectivity index (χ1n) is 12.1. The highest BCUT2D eigenvalue weighted by atomic mass is 16.2. The van der Waals surface area contributed by atoms with E-state index < -0.39 is 0 Å². The van der Waals surface area contributed by atoms with Crippen LogP contribution in [0.2, 0.25) is 0 Å². The molecule has 0 spiro atoms. The third-order valence-corrected chi connectivity index (χ3v) is 7.84. The van der Waals surface area contributed by atoms with Gasteiger partial charge in [0.2, 0.25) is 11.8 Å². The maximum atomic E-state index is 12.9. The SMILES string of the molecule is Cc1nn2c(C3CCN(C(=O)C4CCCC4)C3)ccnc2c1CN1CCC(C(N)=O)CC1. The summed E-state index contributed by atoms with van der Waals surface area (Å²) in [4.78, 5) is 33.5. The molecule has 5 rings (SSSR count). The predicted molar refractivity (Wildman–Crippen MR) is 121 cm³/mol. The van der Waals surface area contributed by atoms with Crippen molar-refractivity contribution in [2.45, 2.75) is 64.3 Å². The van der Waals surface area contributed by atoms with E-state index >= 15 is 0 Å². The average Bonchev–Trinajstić information content (AvgIpc) is 3.55. The molecule has 2 saturated heterocycles. The molecule has 4 heterocycles. The monoisotopic (exact) mass is 438 g/mol. The summed E-state index contributed by atoms with van der Waals surface area (Å²) in [5.74, 6) is 0.707. The first-order valence-corrected chi connectivity index (χ1v) is 12.1. The van der Waals surface area contributed by atoms with Crippen LogP contribution in [0.15, 0.2) is 12.3 Å². The highest BCUT2D eigenvalue weighted by Crippen LogP contribution is 2.33. The van der Waals surface area contributed by atoms with Crippen LogP contribution >= 0.6 is 0 Å². The van der Waals surface area contributed by atoms with Gasteiger partial charge in [-0.05, 0) is 58.2 Å². The zero-order valence-corrected chi connectivity index (χ0v) is 19.0. The van der Waals surface area contributed by atoms with Crippen molar-refractivity contribution in [1.29, 1.82) is 0 Å². The number of aryl methyl sites for hydroxylation is 1. The second kappa shape index (κ2) is 8.81. The Morgan fingerprint density at radius 2 is 1.81 bits per heavy atom. The fraction of sp³-hybridized carbons (Fsp3) is 0.667. The van der Waals surface area contributed by atoms with E-state index in [0.29, 0.717) is 11.8 Å². The van der Waals surface area contributed by atoms with E-state index in [2.05, 4.69) is 27.8 Å². The quantitative estimate of drug-likeness (QED) is 0.772. The average molecular weight is 439 g/mol. The van der Waals surface area contributed by atoms with Gasteiger partial charge >= 0.3 is 0 Å². The van der Waals surface area contributed by atoms with E-state index in [1.165, 1.54) is 12.8 Å². The van der Waals surface area contributed by atoms with Crippen molar-refractivity contribution in [3.8, 4) is 0 Å². The molecule has 2 aromatic heterocycles. The Kier molecular flexibility index (Phi) is 5.88. The van der Waals surface area contributed by atoms with Gasteiger partial charge in [-0.15, -0.1) is 0 Å². The fourth-order valence-corrected chi connectivity index (χ4v) is 5.84. The standard InChI is InChI=1S/C24H34N6O2/c1-16-20(15-28-11-7-17(8-12-28)22(25)31)23-26-10-6-21(30(23)27-16)19-9-13-29(14-19)24(32)18-4-2-3-5-18/h6,10,17-19H,2-5,7-9,11-15H2,1H3,(H2,25,31). The second-order valence-corrected chi connectivity index (χ2v) is 9.87. The van der Waals surface area contributed by atoms with Gasteiger partial charge in [0, 0.05) is 49.1 Å². The molecule has 0 bridgehead atoms. The molecule has 3 aliphatic rings. The summed E-state index contributed by atoms with van der Waals surface area (Å²) in [5, 5.41) is 4.86. The number of piperidine rings is 1. The molecule has 0 radical (unpaired) electrons. The molecule has 2 amide bonds. The van der Waals surface area contributed by atoms with Gasteiger partial charge in [0.1, 0.15) is 0 Å². The van der Waals surface area contributed by atoms with Gasteiger partial charge < -0.3 is 10.6 Å². The lowest BCUT2D eigenvalue weighted by atomic mass is 9.96. The van der Waals surface area contributed by atoms with Crippen molar-refractivity contribution in [2.24, 2.45) is 17.6 Å². The highest BCUT2D eigenvalue weighted by molar-refractivity contribution is 5.79. The smallest absolute Gasteiger partial charge is 0.225 e. The minimum Gasteiger partial charge on any atom is -0.369 e. The summed E-state index contributed by atoms with van der Waals surface area (Å²) < 4.78 is 2.01. The normalized spacial score (nSPS) is 23.4. The first kappa shape index (κ1) is 21.4. The number of fused-ring (bicyclic) bond motifs is 1. The van der Waals surface area contributed by atoms with Gasteiger partial charge in [0.05, 0.1) is 11.4 Å². The molecule has 1 unspecified atom stereocenters. The Hall–Kier alpha value is -2.48. The Bertz CT molecular complexity index is 1000. The van der Waals surface area contributed by atoms with E-state index in [1.54, 1.807) is 0 Å². The molecule has 2 N–H and O–H groups in total. The first-order chi connectivity index (χ1) is 15.5. The Labute approximate surface area is 189 Å². The van der Waals surface area contributed by atoms with Gasteiger partial charge in [-0.3, -0.25) is 14.5 Å². The van der Waals surface area contributed by atoms with Crippen molar-refractivity contribution in [2.75, 3.05) is 26.2 Å². The number of hydrogen-bond acceptors (Lipinski definition) is 5. The highest BCUT2D eigenvalue weighted by Gasteiger charge is 2.34. The lowest BCUT2D eigenvalue weighted by Gasteiger charge is -2.30. The molecule has 8 heteroatoms. The molecule has 32 heavy (non-hydrogen) atoms. The van der Waals surface area contributed by atoms with Crippen molar-refractivity contribution < 1.29 is 9.59 Å². The van der Waals surface area contributed by atoms with Crippen LogP contribution in [0.4, 0.5) is 0 Å². The maximum absolute atomic E-state index is 12.9. The van der Waals surface area contributed by atoms with E-state index in [9.17, 15) is 9.59 Å².